The maximum absolute atomic E-state index is 11.0. The van der Waals surface area contributed by atoms with Crippen molar-refractivity contribution in [2.24, 2.45) is 11.8 Å². The summed E-state index contributed by atoms with van der Waals surface area (Å²) in [5.41, 5.74) is 2.04. The van der Waals surface area contributed by atoms with Gasteiger partial charge < -0.3 is 9.67 Å². The van der Waals surface area contributed by atoms with Crippen LogP contribution >= 0.6 is 0 Å². The van der Waals surface area contributed by atoms with E-state index in [1.807, 2.05) is 4.57 Å². The maximum Gasteiger partial charge on any atom is 0.335 e. The number of fused-ring (bicyclic) bond motifs is 1. The molecule has 0 radical (unpaired) electrons. The zero-order valence-corrected chi connectivity index (χ0v) is 10.9. The first kappa shape index (κ1) is 12.6. The Morgan fingerprint density at radius 3 is 2.72 bits per heavy atom. The van der Waals surface area contributed by atoms with Gasteiger partial charge in [0.05, 0.1) is 22.9 Å². The van der Waals surface area contributed by atoms with Crippen molar-refractivity contribution in [3.05, 3.63) is 30.1 Å². The van der Waals surface area contributed by atoms with Crippen LogP contribution in [0.15, 0.2) is 24.5 Å². The summed E-state index contributed by atoms with van der Waals surface area (Å²) in [6.07, 6.45) is 1.79. The quantitative estimate of drug-likeness (QED) is 0.902. The zero-order valence-electron chi connectivity index (χ0n) is 10.9. The molecule has 1 unspecified atom stereocenters. The average Bonchev–Trinajstić information content (AvgIpc) is 2.71. The van der Waals surface area contributed by atoms with Gasteiger partial charge in [-0.3, -0.25) is 0 Å². The summed E-state index contributed by atoms with van der Waals surface area (Å²) in [5, 5.41) is 9.01. The van der Waals surface area contributed by atoms with E-state index in [4.69, 9.17) is 5.11 Å². The summed E-state index contributed by atoms with van der Waals surface area (Å²) in [6, 6.07) is 5.04. The van der Waals surface area contributed by atoms with Crippen LogP contribution in [0, 0.1) is 11.8 Å². The monoisotopic (exact) mass is 246 g/mol. The van der Waals surface area contributed by atoms with Gasteiger partial charge in [-0.25, -0.2) is 9.78 Å². The molecule has 2 rings (SSSR count). The molecule has 0 fully saturated rings. The second kappa shape index (κ2) is 4.80. The third kappa shape index (κ3) is 2.37. The zero-order chi connectivity index (χ0) is 13.3. The summed E-state index contributed by atoms with van der Waals surface area (Å²) in [6.45, 7) is 7.42. The van der Waals surface area contributed by atoms with Gasteiger partial charge in [-0.1, -0.05) is 20.8 Å². The van der Waals surface area contributed by atoms with Crippen LogP contribution in [0.1, 0.15) is 31.1 Å². The van der Waals surface area contributed by atoms with E-state index in [9.17, 15) is 4.79 Å². The molecule has 2 aromatic rings. The van der Waals surface area contributed by atoms with Crippen molar-refractivity contribution >= 4 is 17.0 Å². The number of aromatic nitrogens is 2. The first-order valence-electron chi connectivity index (χ1n) is 6.17. The molecule has 0 saturated heterocycles. The van der Waals surface area contributed by atoms with Gasteiger partial charge in [0.2, 0.25) is 0 Å². The van der Waals surface area contributed by atoms with Crippen molar-refractivity contribution < 1.29 is 9.90 Å². The van der Waals surface area contributed by atoms with Crippen molar-refractivity contribution in [3.8, 4) is 0 Å². The Morgan fingerprint density at radius 1 is 1.39 bits per heavy atom. The van der Waals surface area contributed by atoms with Crippen LogP contribution < -0.4 is 0 Å². The molecule has 0 spiro atoms. The van der Waals surface area contributed by atoms with E-state index >= 15 is 0 Å². The summed E-state index contributed by atoms with van der Waals surface area (Å²) >= 11 is 0. The molecule has 1 atom stereocenters. The van der Waals surface area contributed by atoms with Gasteiger partial charge in [0.15, 0.2) is 0 Å². The fourth-order valence-electron chi connectivity index (χ4n) is 1.86. The number of hydrogen-bond acceptors (Lipinski definition) is 2. The van der Waals surface area contributed by atoms with Gasteiger partial charge in [0.25, 0.3) is 0 Å². The van der Waals surface area contributed by atoms with E-state index in [2.05, 4.69) is 25.8 Å². The Kier molecular flexibility index (Phi) is 3.36. The van der Waals surface area contributed by atoms with Crippen LogP contribution in [-0.2, 0) is 6.54 Å². The highest BCUT2D eigenvalue weighted by atomic mass is 16.4. The molecule has 1 aromatic carbocycles. The van der Waals surface area contributed by atoms with Crippen LogP contribution in [0.25, 0.3) is 11.0 Å². The molecule has 0 saturated carbocycles. The van der Waals surface area contributed by atoms with Crippen LogP contribution in [0.3, 0.4) is 0 Å². The van der Waals surface area contributed by atoms with Gasteiger partial charge in [0.1, 0.15) is 0 Å². The highest BCUT2D eigenvalue weighted by molar-refractivity contribution is 5.92. The van der Waals surface area contributed by atoms with E-state index in [-0.39, 0.29) is 0 Å². The third-order valence-corrected chi connectivity index (χ3v) is 3.49. The Morgan fingerprint density at radius 2 is 2.11 bits per heavy atom. The molecular formula is C14H18N2O2. The molecule has 0 aliphatic carbocycles. The number of rotatable bonds is 4. The van der Waals surface area contributed by atoms with Crippen molar-refractivity contribution in [2.75, 3.05) is 0 Å². The Balaban J connectivity index is 2.39. The van der Waals surface area contributed by atoms with E-state index in [0.717, 1.165) is 17.6 Å². The topological polar surface area (TPSA) is 55.1 Å². The minimum absolute atomic E-state index is 0.307. The fraction of sp³-hybridized carbons (Fsp3) is 0.429. The molecular weight excluding hydrogens is 228 g/mol. The molecule has 4 heteroatoms. The Hall–Kier alpha value is -1.84. The van der Waals surface area contributed by atoms with E-state index in [1.165, 1.54) is 0 Å². The maximum atomic E-state index is 11.0. The Bertz CT molecular complexity index is 572. The SMILES string of the molecule is CC(C)C(C)Cn1cnc2ccc(C(=O)O)cc21. The minimum atomic E-state index is -0.901. The van der Waals surface area contributed by atoms with Crippen LogP contribution in [0.5, 0.6) is 0 Å². The lowest BCUT2D eigenvalue weighted by Gasteiger charge is -2.16. The molecule has 0 aliphatic heterocycles. The van der Waals surface area contributed by atoms with E-state index in [1.54, 1.807) is 24.5 Å². The second-order valence-electron chi connectivity index (χ2n) is 5.13. The smallest absolute Gasteiger partial charge is 0.335 e. The average molecular weight is 246 g/mol. The number of benzene rings is 1. The highest BCUT2D eigenvalue weighted by Crippen LogP contribution is 2.19. The van der Waals surface area contributed by atoms with Gasteiger partial charge in [-0.15, -0.1) is 0 Å². The molecule has 1 heterocycles. The normalized spacial score (nSPS) is 13.1. The minimum Gasteiger partial charge on any atom is -0.478 e. The summed E-state index contributed by atoms with van der Waals surface area (Å²) < 4.78 is 2.03. The van der Waals surface area contributed by atoms with E-state index < -0.39 is 5.97 Å². The van der Waals surface area contributed by atoms with Crippen LogP contribution in [-0.4, -0.2) is 20.6 Å². The summed E-state index contributed by atoms with van der Waals surface area (Å²) in [4.78, 5) is 15.3. The number of imidazole rings is 1. The molecule has 4 nitrogen and oxygen atoms in total. The number of nitrogens with zero attached hydrogens (tertiary/aromatic N) is 2. The fourth-order valence-corrected chi connectivity index (χ4v) is 1.86. The first-order valence-corrected chi connectivity index (χ1v) is 6.17. The standard InChI is InChI=1S/C14H18N2O2/c1-9(2)10(3)7-16-8-15-12-5-4-11(14(17)18)6-13(12)16/h4-6,8-10H,7H2,1-3H3,(H,17,18). The number of hydrogen-bond donors (Lipinski definition) is 1. The summed E-state index contributed by atoms with van der Waals surface area (Å²) in [5.74, 6) is 0.211. The number of carbonyl (C=O) groups is 1. The lowest BCUT2D eigenvalue weighted by atomic mass is 9.98. The largest absolute Gasteiger partial charge is 0.478 e. The summed E-state index contributed by atoms with van der Waals surface area (Å²) in [7, 11) is 0. The number of carboxylic acid groups (broad SMARTS) is 1. The number of aromatic carboxylic acids is 1. The van der Waals surface area contributed by atoms with Crippen LogP contribution in [0.4, 0.5) is 0 Å². The first-order chi connectivity index (χ1) is 8.49. The van der Waals surface area contributed by atoms with Gasteiger partial charge in [0, 0.05) is 6.54 Å². The highest BCUT2D eigenvalue weighted by Gasteiger charge is 2.12. The molecule has 0 amide bonds. The van der Waals surface area contributed by atoms with Crippen molar-refractivity contribution in [2.45, 2.75) is 27.3 Å². The molecule has 0 bridgehead atoms. The van der Waals surface area contributed by atoms with E-state index in [0.29, 0.717) is 17.4 Å². The van der Waals surface area contributed by atoms with Gasteiger partial charge >= 0.3 is 5.97 Å². The van der Waals surface area contributed by atoms with Gasteiger partial charge in [-0.05, 0) is 30.0 Å². The second-order valence-corrected chi connectivity index (χ2v) is 5.13. The Labute approximate surface area is 106 Å². The molecule has 96 valence electrons. The predicted octanol–water partition coefficient (Wildman–Crippen LogP) is 3.03. The molecule has 18 heavy (non-hydrogen) atoms. The van der Waals surface area contributed by atoms with Gasteiger partial charge in [-0.2, -0.15) is 0 Å². The van der Waals surface area contributed by atoms with Crippen molar-refractivity contribution in [1.29, 1.82) is 0 Å². The van der Waals surface area contributed by atoms with Crippen molar-refractivity contribution in [3.63, 3.8) is 0 Å². The van der Waals surface area contributed by atoms with Crippen molar-refractivity contribution in [1.82, 2.24) is 9.55 Å². The predicted molar refractivity (Wildman–Crippen MR) is 70.7 cm³/mol. The lowest BCUT2D eigenvalue weighted by molar-refractivity contribution is 0.0697. The number of carboxylic acids is 1. The lowest BCUT2D eigenvalue weighted by Crippen LogP contribution is -2.12. The molecule has 1 N–H and O–H groups in total. The molecule has 1 aromatic heterocycles. The third-order valence-electron chi connectivity index (χ3n) is 3.49. The molecule has 0 aliphatic rings. The van der Waals surface area contributed by atoms with Crippen LogP contribution in [0.2, 0.25) is 0 Å².